The zero-order valence-corrected chi connectivity index (χ0v) is 9.23. The van der Waals surface area contributed by atoms with Crippen molar-refractivity contribution in [3.8, 4) is 0 Å². The van der Waals surface area contributed by atoms with Crippen LogP contribution in [0.3, 0.4) is 0 Å². The van der Waals surface area contributed by atoms with Crippen LogP contribution in [0.25, 0.3) is 0 Å². The average Bonchev–Trinajstić information content (AvgIpc) is 2.78. The maximum atomic E-state index is 2.65. The predicted molar refractivity (Wildman–Crippen MR) is 64.2 cm³/mol. The van der Waals surface area contributed by atoms with Crippen molar-refractivity contribution in [2.75, 3.05) is 11.4 Å². The molecule has 0 bridgehead atoms. The molecule has 1 aliphatic carbocycles. The van der Waals surface area contributed by atoms with Crippen LogP contribution in [-0.2, 0) is 0 Å². The Morgan fingerprint density at radius 2 is 1.73 bits per heavy atom. The quantitative estimate of drug-likeness (QED) is 0.672. The minimum absolute atomic E-state index is 0.848. The molecule has 2 fully saturated rings. The second-order valence-corrected chi connectivity index (χ2v) is 4.93. The number of benzene rings is 1. The molecule has 0 unspecified atom stereocenters. The van der Waals surface area contributed by atoms with Gasteiger partial charge in [-0.1, -0.05) is 24.6 Å². The molecule has 1 aromatic carbocycles. The average molecular weight is 201 g/mol. The Morgan fingerprint density at radius 1 is 0.933 bits per heavy atom. The van der Waals surface area contributed by atoms with Crippen LogP contribution >= 0.6 is 0 Å². The molecule has 1 aromatic rings. The molecule has 80 valence electrons. The molecule has 1 aliphatic heterocycles. The van der Waals surface area contributed by atoms with Crippen LogP contribution in [0.5, 0.6) is 0 Å². The van der Waals surface area contributed by atoms with Gasteiger partial charge in [0.2, 0.25) is 0 Å². The molecule has 1 nitrogen and oxygen atoms in total. The minimum Gasteiger partial charge on any atom is -0.368 e. The van der Waals surface area contributed by atoms with Crippen molar-refractivity contribution < 1.29 is 0 Å². The molecular weight excluding hydrogens is 182 g/mol. The normalized spacial score (nSPS) is 30.3. The third-order valence-corrected chi connectivity index (χ3v) is 4.08. The topological polar surface area (TPSA) is 3.24 Å². The van der Waals surface area contributed by atoms with Gasteiger partial charge < -0.3 is 4.90 Å². The summed E-state index contributed by atoms with van der Waals surface area (Å²) >= 11 is 0. The van der Waals surface area contributed by atoms with Crippen LogP contribution in [0.1, 0.15) is 32.1 Å². The van der Waals surface area contributed by atoms with Crippen molar-refractivity contribution in [2.45, 2.75) is 38.1 Å². The van der Waals surface area contributed by atoms with Crippen molar-refractivity contribution in [1.82, 2.24) is 0 Å². The summed E-state index contributed by atoms with van der Waals surface area (Å²) in [6.45, 7) is 1.27. The standard InChI is InChI=1S/C14H19N/c1-2-8-13(9-3-1)15-11-5-7-12-6-4-10-14(12)15/h1-3,8-9,12,14H,4-7,10-11H2/t12-,14+/m1/s1. The molecule has 15 heavy (non-hydrogen) atoms. The molecule has 3 rings (SSSR count). The number of anilines is 1. The van der Waals surface area contributed by atoms with Gasteiger partial charge >= 0.3 is 0 Å². The van der Waals surface area contributed by atoms with Crippen molar-refractivity contribution in [3.05, 3.63) is 30.3 Å². The fraction of sp³-hybridized carbons (Fsp3) is 0.571. The van der Waals surface area contributed by atoms with Crippen LogP contribution in [-0.4, -0.2) is 12.6 Å². The maximum Gasteiger partial charge on any atom is 0.0368 e. The lowest BCUT2D eigenvalue weighted by atomic mass is 9.91. The number of nitrogens with zero attached hydrogens (tertiary/aromatic N) is 1. The Kier molecular flexibility index (Phi) is 2.40. The fourth-order valence-corrected chi connectivity index (χ4v) is 3.39. The van der Waals surface area contributed by atoms with Crippen molar-refractivity contribution in [3.63, 3.8) is 0 Å². The third-order valence-electron chi connectivity index (χ3n) is 4.08. The van der Waals surface area contributed by atoms with Gasteiger partial charge in [-0.3, -0.25) is 0 Å². The Bertz CT molecular complexity index is 319. The third kappa shape index (κ3) is 1.64. The SMILES string of the molecule is c1ccc(N2CCC[C@H]3CCC[C@@H]32)cc1. The van der Waals surface area contributed by atoms with Crippen molar-refractivity contribution in [2.24, 2.45) is 5.92 Å². The zero-order valence-electron chi connectivity index (χ0n) is 9.23. The first-order valence-electron chi connectivity index (χ1n) is 6.27. The van der Waals surface area contributed by atoms with Crippen LogP contribution in [0.15, 0.2) is 30.3 Å². The van der Waals surface area contributed by atoms with E-state index in [2.05, 4.69) is 35.2 Å². The lowest BCUT2D eigenvalue weighted by molar-refractivity contribution is 0.362. The summed E-state index contributed by atoms with van der Waals surface area (Å²) in [7, 11) is 0. The van der Waals surface area contributed by atoms with Gasteiger partial charge in [0.1, 0.15) is 0 Å². The molecule has 1 heterocycles. The molecule has 0 aromatic heterocycles. The molecule has 1 saturated heterocycles. The van der Waals surface area contributed by atoms with Gasteiger partial charge in [-0.25, -0.2) is 0 Å². The lowest BCUT2D eigenvalue weighted by Crippen LogP contribution is -2.42. The molecule has 1 saturated carbocycles. The summed E-state index contributed by atoms with van der Waals surface area (Å²) in [5, 5.41) is 0. The highest BCUT2D eigenvalue weighted by Crippen LogP contribution is 2.38. The summed E-state index contributed by atoms with van der Waals surface area (Å²) in [6, 6.07) is 11.8. The molecule has 0 radical (unpaired) electrons. The second-order valence-electron chi connectivity index (χ2n) is 4.93. The Balaban J connectivity index is 1.85. The first-order chi connectivity index (χ1) is 7.45. The number of hydrogen-bond donors (Lipinski definition) is 0. The lowest BCUT2D eigenvalue weighted by Gasteiger charge is -2.39. The van der Waals surface area contributed by atoms with Crippen molar-refractivity contribution >= 4 is 5.69 Å². The summed E-state index contributed by atoms with van der Waals surface area (Å²) in [6.07, 6.45) is 7.18. The van der Waals surface area contributed by atoms with E-state index in [-0.39, 0.29) is 0 Å². The molecular formula is C14H19N. The van der Waals surface area contributed by atoms with E-state index in [1.54, 1.807) is 0 Å². The van der Waals surface area contributed by atoms with Gasteiger partial charge in [-0.05, 0) is 43.7 Å². The minimum atomic E-state index is 0.848. The zero-order chi connectivity index (χ0) is 10.1. The monoisotopic (exact) mass is 201 g/mol. The number of piperidine rings is 1. The van der Waals surface area contributed by atoms with E-state index in [0.717, 1.165) is 12.0 Å². The van der Waals surface area contributed by atoms with Gasteiger partial charge in [-0.2, -0.15) is 0 Å². The van der Waals surface area contributed by atoms with Crippen LogP contribution in [0, 0.1) is 5.92 Å². The van der Waals surface area contributed by atoms with Gasteiger partial charge in [-0.15, -0.1) is 0 Å². The first kappa shape index (κ1) is 9.26. The number of para-hydroxylation sites is 1. The summed E-state index contributed by atoms with van der Waals surface area (Å²) in [4.78, 5) is 2.65. The van der Waals surface area contributed by atoms with Gasteiger partial charge in [0, 0.05) is 18.3 Å². The molecule has 0 amide bonds. The Hall–Kier alpha value is -0.980. The summed E-state index contributed by atoms with van der Waals surface area (Å²) in [5.74, 6) is 0.985. The predicted octanol–water partition coefficient (Wildman–Crippen LogP) is 3.46. The number of fused-ring (bicyclic) bond motifs is 1. The van der Waals surface area contributed by atoms with E-state index in [4.69, 9.17) is 0 Å². The van der Waals surface area contributed by atoms with Crippen LogP contribution in [0.4, 0.5) is 5.69 Å². The molecule has 0 spiro atoms. The van der Waals surface area contributed by atoms with E-state index in [9.17, 15) is 0 Å². The summed E-state index contributed by atoms with van der Waals surface area (Å²) in [5.41, 5.74) is 1.44. The maximum absolute atomic E-state index is 2.65. The molecule has 1 heteroatoms. The van der Waals surface area contributed by atoms with Gasteiger partial charge in [0.25, 0.3) is 0 Å². The molecule has 0 N–H and O–H groups in total. The van der Waals surface area contributed by atoms with E-state index in [1.165, 1.54) is 44.3 Å². The van der Waals surface area contributed by atoms with E-state index >= 15 is 0 Å². The van der Waals surface area contributed by atoms with Gasteiger partial charge in [0.15, 0.2) is 0 Å². The van der Waals surface area contributed by atoms with E-state index < -0.39 is 0 Å². The van der Waals surface area contributed by atoms with Crippen LogP contribution < -0.4 is 4.90 Å². The number of rotatable bonds is 1. The molecule has 2 aliphatic rings. The highest BCUT2D eigenvalue weighted by Gasteiger charge is 2.34. The van der Waals surface area contributed by atoms with E-state index in [1.807, 2.05) is 0 Å². The first-order valence-corrected chi connectivity index (χ1v) is 6.27. The highest BCUT2D eigenvalue weighted by atomic mass is 15.2. The fourth-order valence-electron chi connectivity index (χ4n) is 3.39. The summed E-state index contributed by atoms with van der Waals surface area (Å²) < 4.78 is 0. The Labute approximate surface area is 92.1 Å². The van der Waals surface area contributed by atoms with Crippen molar-refractivity contribution in [1.29, 1.82) is 0 Å². The highest BCUT2D eigenvalue weighted by molar-refractivity contribution is 5.47. The van der Waals surface area contributed by atoms with Crippen LogP contribution in [0.2, 0.25) is 0 Å². The van der Waals surface area contributed by atoms with E-state index in [0.29, 0.717) is 0 Å². The smallest absolute Gasteiger partial charge is 0.0368 e. The van der Waals surface area contributed by atoms with Gasteiger partial charge in [0.05, 0.1) is 0 Å². The number of hydrogen-bond acceptors (Lipinski definition) is 1. The largest absolute Gasteiger partial charge is 0.368 e. The Morgan fingerprint density at radius 3 is 2.60 bits per heavy atom. The molecule has 2 atom stereocenters. The second kappa shape index (κ2) is 3.88.